The van der Waals surface area contributed by atoms with Crippen LogP contribution in [0.5, 0.6) is 0 Å². The predicted molar refractivity (Wildman–Crippen MR) is 93.1 cm³/mol. The Morgan fingerprint density at radius 2 is 2.00 bits per heavy atom. The van der Waals surface area contributed by atoms with Crippen LogP contribution >= 0.6 is 23.1 Å². The van der Waals surface area contributed by atoms with Gasteiger partial charge in [-0.1, -0.05) is 30.4 Å². The van der Waals surface area contributed by atoms with Crippen LogP contribution < -0.4 is 5.32 Å². The summed E-state index contributed by atoms with van der Waals surface area (Å²) >= 11 is 2.71. The highest BCUT2D eigenvalue weighted by atomic mass is 32.2. The van der Waals surface area contributed by atoms with Gasteiger partial charge in [0.05, 0.1) is 11.3 Å². The first-order chi connectivity index (χ1) is 11.0. The van der Waals surface area contributed by atoms with E-state index >= 15 is 0 Å². The Hall–Kier alpha value is -1.93. The fourth-order valence-corrected chi connectivity index (χ4v) is 3.36. The van der Waals surface area contributed by atoms with Gasteiger partial charge in [0.15, 0.2) is 0 Å². The molecule has 0 atom stereocenters. The van der Waals surface area contributed by atoms with Gasteiger partial charge in [-0.2, -0.15) is 0 Å². The van der Waals surface area contributed by atoms with Crippen molar-refractivity contribution in [2.24, 2.45) is 0 Å². The van der Waals surface area contributed by atoms with E-state index in [-0.39, 0.29) is 17.6 Å². The number of anilines is 1. The molecule has 1 heterocycles. The summed E-state index contributed by atoms with van der Waals surface area (Å²) in [5.41, 5.74) is 0.525. The number of aryl methyl sites for hydroxylation is 1. The minimum absolute atomic E-state index is 0.00178. The highest BCUT2D eigenvalue weighted by Crippen LogP contribution is 2.24. The summed E-state index contributed by atoms with van der Waals surface area (Å²) in [6, 6.07) is 7.21. The first-order valence-electron chi connectivity index (χ1n) is 7.07. The number of thioether (sulfide) groups is 1. The SMILES string of the molecule is CCc1nnc(NC(=O)c2ccccc2SCC(=O)N(C)C)s1. The summed E-state index contributed by atoms with van der Waals surface area (Å²) < 4.78 is 0. The average Bonchev–Trinajstić information content (AvgIpc) is 3.00. The lowest BCUT2D eigenvalue weighted by atomic mass is 10.2. The Morgan fingerprint density at radius 3 is 2.65 bits per heavy atom. The van der Waals surface area contributed by atoms with E-state index in [1.807, 2.05) is 19.1 Å². The van der Waals surface area contributed by atoms with Crippen molar-refractivity contribution in [1.82, 2.24) is 15.1 Å². The van der Waals surface area contributed by atoms with Crippen molar-refractivity contribution in [3.8, 4) is 0 Å². The van der Waals surface area contributed by atoms with Crippen LogP contribution in [0.25, 0.3) is 0 Å². The Balaban J connectivity index is 2.09. The van der Waals surface area contributed by atoms with Crippen molar-refractivity contribution in [3.63, 3.8) is 0 Å². The Bertz CT molecular complexity index is 700. The van der Waals surface area contributed by atoms with Gasteiger partial charge in [0.1, 0.15) is 5.01 Å². The summed E-state index contributed by atoms with van der Waals surface area (Å²) in [5.74, 6) is 0.0435. The third kappa shape index (κ3) is 4.77. The largest absolute Gasteiger partial charge is 0.348 e. The van der Waals surface area contributed by atoms with Crippen LogP contribution in [0.4, 0.5) is 5.13 Å². The van der Waals surface area contributed by atoms with Gasteiger partial charge in [0.25, 0.3) is 5.91 Å². The Kier molecular flexibility index (Phi) is 6.12. The summed E-state index contributed by atoms with van der Waals surface area (Å²) in [7, 11) is 3.42. The summed E-state index contributed by atoms with van der Waals surface area (Å²) in [4.78, 5) is 26.4. The first kappa shape index (κ1) is 17.4. The second kappa shape index (κ2) is 8.07. The van der Waals surface area contributed by atoms with Crippen LogP contribution in [-0.2, 0) is 11.2 Å². The maximum atomic E-state index is 12.4. The molecule has 23 heavy (non-hydrogen) atoms. The molecule has 0 saturated carbocycles. The monoisotopic (exact) mass is 350 g/mol. The molecule has 1 aromatic carbocycles. The highest BCUT2D eigenvalue weighted by molar-refractivity contribution is 8.00. The lowest BCUT2D eigenvalue weighted by Gasteiger charge is -2.11. The molecule has 0 radical (unpaired) electrons. The van der Waals surface area contributed by atoms with Crippen LogP contribution in [0.2, 0.25) is 0 Å². The number of carbonyl (C=O) groups is 2. The van der Waals surface area contributed by atoms with Crippen molar-refractivity contribution in [1.29, 1.82) is 0 Å². The molecule has 2 aromatic rings. The molecular formula is C15H18N4O2S2. The molecular weight excluding hydrogens is 332 g/mol. The number of hydrogen-bond acceptors (Lipinski definition) is 6. The van der Waals surface area contributed by atoms with E-state index in [1.165, 1.54) is 28.0 Å². The summed E-state index contributed by atoms with van der Waals surface area (Å²) in [6.45, 7) is 1.99. The maximum absolute atomic E-state index is 12.4. The first-order valence-corrected chi connectivity index (χ1v) is 8.87. The predicted octanol–water partition coefficient (Wildman–Crippen LogP) is 2.53. The Morgan fingerprint density at radius 1 is 1.26 bits per heavy atom. The van der Waals surface area contributed by atoms with Crippen molar-refractivity contribution >= 4 is 40.0 Å². The van der Waals surface area contributed by atoms with Crippen molar-refractivity contribution in [2.45, 2.75) is 18.2 Å². The molecule has 8 heteroatoms. The summed E-state index contributed by atoms with van der Waals surface area (Å²) in [5, 5.41) is 12.0. The standard InChI is InChI=1S/C15H18N4O2S2/c1-4-12-17-18-15(23-12)16-14(21)10-7-5-6-8-11(10)22-9-13(20)19(2)3/h5-8H,4,9H2,1-3H3,(H,16,18,21). The number of nitrogens with one attached hydrogen (secondary N) is 1. The smallest absolute Gasteiger partial charge is 0.258 e. The van der Waals surface area contributed by atoms with Gasteiger partial charge in [-0.15, -0.1) is 22.0 Å². The van der Waals surface area contributed by atoms with Gasteiger partial charge in [-0.05, 0) is 18.6 Å². The lowest BCUT2D eigenvalue weighted by Crippen LogP contribution is -2.23. The van der Waals surface area contributed by atoms with E-state index in [4.69, 9.17) is 0 Å². The minimum Gasteiger partial charge on any atom is -0.348 e. The number of rotatable bonds is 6. The van der Waals surface area contributed by atoms with E-state index in [9.17, 15) is 9.59 Å². The zero-order valence-electron chi connectivity index (χ0n) is 13.2. The second-order valence-electron chi connectivity index (χ2n) is 4.88. The maximum Gasteiger partial charge on any atom is 0.258 e. The van der Waals surface area contributed by atoms with E-state index in [1.54, 1.807) is 26.2 Å². The molecule has 0 saturated heterocycles. The molecule has 0 spiro atoms. The number of amides is 2. The molecule has 0 aliphatic rings. The molecule has 0 aliphatic heterocycles. The highest BCUT2D eigenvalue weighted by Gasteiger charge is 2.15. The molecule has 2 rings (SSSR count). The van der Waals surface area contributed by atoms with Crippen LogP contribution in [-0.4, -0.2) is 46.8 Å². The lowest BCUT2D eigenvalue weighted by molar-refractivity contribution is -0.125. The van der Waals surface area contributed by atoms with E-state index in [2.05, 4.69) is 15.5 Å². The van der Waals surface area contributed by atoms with Gasteiger partial charge < -0.3 is 4.90 Å². The number of aromatic nitrogens is 2. The van der Waals surface area contributed by atoms with Gasteiger partial charge in [-0.25, -0.2) is 0 Å². The molecule has 6 nitrogen and oxygen atoms in total. The Labute approximate surface area is 143 Å². The number of benzene rings is 1. The van der Waals surface area contributed by atoms with Crippen LogP contribution in [0.15, 0.2) is 29.2 Å². The van der Waals surface area contributed by atoms with Gasteiger partial charge in [0, 0.05) is 19.0 Å². The van der Waals surface area contributed by atoms with E-state index < -0.39 is 0 Å². The van der Waals surface area contributed by atoms with Crippen molar-refractivity contribution < 1.29 is 9.59 Å². The number of carbonyl (C=O) groups excluding carboxylic acids is 2. The third-order valence-electron chi connectivity index (χ3n) is 2.97. The zero-order chi connectivity index (χ0) is 16.8. The van der Waals surface area contributed by atoms with Crippen LogP contribution in [0.3, 0.4) is 0 Å². The van der Waals surface area contributed by atoms with Crippen LogP contribution in [0.1, 0.15) is 22.3 Å². The fraction of sp³-hybridized carbons (Fsp3) is 0.333. The second-order valence-corrected chi connectivity index (χ2v) is 6.96. The zero-order valence-corrected chi connectivity index (χ0v) is 14.8. The van der Waals surface area contributed by atoms with Crippen molar-refractivity contribution in [2.75, 3.05) is 25.2 Å². The van der Waals surface area contributed by atoms with E-state index in [0.29, 0.717) is 10.7 Å². The molecule has 0 fully saturated rings. The van der Waals surface area contributed by atoms with Gasteiger partial charge in [-0.3, -0.25) is 14.9 Å². The minimum atomic E-state index is -0.246. The summed E-state index contributed by atoms with van der Waals surface area (Å²) in [6.07, 6.45) is 0.784. The van der Waals surface area contributed by atoms with E-state index in [0.717, 1.165) is 16.3 Å². The topological polar surface area (TPSA) is 75.2 Å². The molecule has 0 aliphatic carbocycles. The number of hydrogen-bond donors (Lipinski definition) is 1. The molecule has 1 aromatic heterocycles. The molecule has 0 bridgehead atoms. The van der Waals surface area contributed by atoms with Crippen LogP contribution in [0, 0.1) is 0 Å². The fourth-order valence-electron chi connectivity index (χ4n) is 1.66. The van der Waals surface area contributed by atoms with Gasteiger partial charge in [0.2, 0.25) is 11.0 Å². The molecule has 0 unspecified atom stereocenters. The van der Waals surface area contributed by atoms with Gasteiger partial charge >= 0.3 is 0 Å². The number of nitrogens with zero attached hydrogens (tertiary/aromatic N) is 3. The molecule has 2 amide bonds. The molecule has 1 N–H and O–H groups in total. The quantitative estimate of drug-likeness (QED) is 0.810. The van der Waals surface area contributed by atoms with Crippen molar-refractivity contribution in [3.05, 3.63) is 34.8 Å². The average molecular weight is 350 g/mol. The molecule has 122 valence electrons. The normalized spacial score (nSPS) is 10.4. The third-order valence-corrected chi connectivity index (χ3v) is 5.01.